The van der Waals surface area contributed by atoms with Crippen LogP contribution in [0.15, 0.2) is 59.0 Å². The van der Waals surface area contributed by atoms with Crippen LogP contribution in [0.1, 0.15) is 52.4 Å². The molecule has 2 aromatic carbocycles. The molecule has 2 aliphatic rings. The highest BCUT2D eigenvalue weighted by Gasteiger charge is 2.32. The van der Waals surface area contributed by atoms with Gasteiger partial charge in [-0.05, 0) is 59.5 Å². The van der Waals surface area contributed by atoms with E-state index in [0.717, 1.165) is 23.1 Å². The lowest BCUT2D eigenvalue weighted by Crippen LogP contribution is -2.40. The van der Waals surface area contributed by atoms with Crippen molar-refractivity contribution < 1.29 is 27.9 Å². The van der Waals surface area contributed by atoms with Crippen molar-refractivity contribution in [2.24, 2.45) is 0 Å². The fourth-order valence-electron chi connectivity index (χ4n) is 4.84. The molecule has 8 heteroatoms. The number of ether oxygens (including phenoxy) is 2. The molecule has 1 saturated heterocycles. The highest BCUT2D eigenvalue weighted by molar-refractivity contribution is 5.91. The van der Waals surface area contributed by atoms with Gasteiger partial charge < -0.3 is 23.7 Å². The third-order valence-corrected chi connectivity index (χ3v) is 6.68. The van der Waals surface area contributed by atoms with E-state index >= 15 is 0 Å². The lowest BCUT2D eigenvalue weighted by molar-refractivity contribution is -0.132. The van der Waals surface area contributed by atoms with E-state index in [1.165, 1.54) is 12.1 Å². The Morgan fingerprint density at radius 3 is 2.67 bits per heavy atom. The lowest BCUT2D eigenvalue weighted by Gasteiger charge is -2.38. The molecule has 0 N–H and O–H groups in total. The van der Waals surface area contributed by atoms with Crippen LogP contribution in [0.5, 0.6) is 5.75 Å². The van der Waals surface area contributed by atoms with E-state index in [1.54, 1.807) is 23.1 Å². The molecule has 0 spiro atoms. The number of amides is 2. The molecule has 2 aliphatic heterocycles. The fraction of sp³-hybridized carbons (Fsp3) is 0.357. The number of rotatable bonds is 6. The quantitative estimate of drug-likeness (QED) is 0.512. The van der Waals surface area contributed by atoms with Crippen molar-refractivity contribution in [3.63, 3.8) is 0 Å². The van der Waals surface area contributed by atoms with Gasteiger partial charge in [-0.2, -0.15) is 0 Å². The van der Waals surface area contributed by atoms with E-state index in [0.29, 0.717) is 50.8 Å². The topological polar surface area (TPSA) is 72.2 Å². The Bertz CT molecular complexity index is 1250. The fourth-order valence-corrected chi connectivity index (χ4v) is 4.84. The zero-order valence-electron chi connectivity index (χ0n) is 20.2. The summed E-state index contributed by atoms with van der Waals surface area (Å²) in [6.07, 6.45) is 1.10. The molecule has 36 heavy (non-hydrogen) atoms. The summed E-state index contributed by atoms with van der Waals surface area (Å²) in [7, 11) is 0. The summed E-state index contributed by atoms with van der Waals surface area (Å²) in [4.78, 5) is 28.9. The molecule has 7 nitrogen and oxygen atoms in total. The van der Waals surface area contributed by atoms with Crippen LogP contribution in [0.25, 0.3) is 0 Å². The van der Waals surface area contributed by atoms with Gasteiger partial charge in [0.1, 0.15) is 23.9 Å². The SMILES string of the molecule is CCC(=O)N1CCc2ccc(OCc3ccc(C(=O)N4CCOCC4)o3)cc2C1c1cccc(F)c1. The number of halogens is 1. The second-order valence-corrected chi connectivity index (χ2v) is 8.97. The summed E-state index contributed by atoms with van der Waals surface area (Å²) in [5.74, 6) is 0.954. The predicted molar refractivity (Wildman–Crippen MR) is 130 cm³/mol. The average molecular weight is 493 g/mol. The lowest BCUT2D eigenvalue weighted by atomic mass is 9.87. The molecule has 5 rings (SSSR count). The minimum absolute atomic E-state index is 0.0225. The molecule has 2 amide bonds. The number of morpholine rings is 1. The summed E-state index contributed by atoms with van der Waals surface area (Å²) in [6.45, 7) is 4.71. The Balaban J connectivity index is 1.35. The normalized spacial score (nSPS) is 17.6. The van der Waals surface area contributed by atoms with E-state index < -0.39 is 0 Å². The number of carbonyl (C=O) groups is 2. The molecule has 0 radical (unpaired) electrons. The molecule has 1 fully saturated rings. The largest absolute Gasteiger partial charge is 0.486 e. The molecule has 3 aromatic rings. The van der Waals surface area contributed by atoms with Gasteiger partial charge >= 0.3 is 0 Å². The highest BCUT2D eigenvalue weighted by atomic mass is 19.1. The molecular weight excluding hydrogens is 463 g/mol. The van der Waals surface area contributed by atoms with Crippen LogP contribution in [0.2, 0.25) is 0 Å². The van der Waals surface area contributed by atoms with Crippen LogP contribution in [0, 0.1) is 5.82 Å². The van der Waals surface area contributed by atoms with Gasteiger partial charge in [-0.1, -0.05) is 25.1 Å². The van der Waals surface area contributed by atoms with Crippen molar-refractivity contribution in [1.82, 2.24) is 9.80 Å². The van der Waals surface area contributed by atoms with E-state index in [4.69, 9.17) is 13.9 Å². The molecule has 1 atom stereocenters. The first kappa shape index (κ1) is 24.1. The summed E-state index contributed by atoms with van der Waals surface area (Å²) >= 11 is 0. The van der Waals surface area contributed by atoms with Crippen molar-refractivity contribution in [2.75, 3.05) is 32.8 Å². The van der Waals surface area contributed by atoms with Crippen LogP contribution >= 0.6 is 0 Å². The maximum Gasteiger partial charge on any atom is 0.289 e. The third kappa shape index (κ3) is 4.99. The smallest absolute Gasteiger partial charge is 0.289 e. The number of fused-ring (bicyclic) bond motifs is 1. The molecule has 0 saturated carbocycles. The Morgan fingerprint density at radius 2 is 1.89 bits per heavy atom. The summed E-state index contributed by atoms with van der Waals surface area (Å²) in [5.41, 5.74) is 2.76. The predicted octanol–water partition coefficient (Wildman–Crippen LogP) is 4.35. The van der Waals surface area contributed by atoms with Crippen LogP contribution in [-0.2, 0) is 22.6 Å². The summed E-state index contributed by atoms with van der Waals surface area (Å²) in [5, 5.41) is 0. The molecular formula is C28H29FN2O5. The third-order valence-electron chi connectivity index (χ3n) is 6.68. The van der Waals surface area contributed by atoms with E-state index in [1.807, 2.05) is 36.1 Å². The average Bonchev–Trinajstić information content (AvgIpc) is 3.40. The number of benzene rings is 2. The second-order valence-electron chi connectivity index (χ2n) is 8.97. The van der Waals surface area contributed by atoms with Crippen LogP contribution in [0.4, 0.5) is 4.39 Å². The number of hydrogen-bond acceptors (Lipinski definition) is 5. The number of carbonyl (C=O) groups excluding carboxylic acids is 2. The molecule has 1 aromatic heterocycles. The van der Waals surface area contributed by atoms with Gasteiger partial charge in [0.25, 0.3) is 5.91 Å². The summed E-state index contributed by atoms with van der Waals surface area (Å²) in [6, 6.07) is 15.2. The van der Waals surface area contributed by atoms with Gasteiger partial charge in [0.15, 0.2) is 5.76 Å². The second kappa shape index (κ2) is 10.5. The van der Waals surface area contributed by atoms with Crippen LogP contribution < -0.4 is 4.74 Å². The Hall–Kier alpha value is -3.65. The molecule has 0 aliphatic carbocycles. The standard InChI is InChI=1S/C28H29FN2O5/c1-2-26(32)31-11-10-19-6-7-22(17-24(19)27(31)20-4-3-5-21(29)16-20)35-18-23-8-9-25(36-23)28(33)30-12-14-34-15-13-30/h3-9,16-17,27H,2,10-15,18H2,1H3. The highest BCUT2D eigenvalue weighted by Crippen LogP contribution is 2.38. The zero-order chi connectivity index (χ0) is 25.1. The van der Waals surface area contributed by atoms with Gasteiger partial charge in [0, 0.05) is 26.1 Å². The number of hydrogen-bond donors (Lipinski definition) is 0. The first-order valence-electron chi connectivity index (χ1n) is 12.3. The van der Waals surface area contributed by atoms with Crippen LogP contribution in [-0.4, -0.2) is 54.5 Å². The van der Waals surface area contributed by atoms with Crippen molar-refractivity contribution in [3.8, 4) is 5.75 Å². The molecule has 0 bridgehead atoms. The first-order valence-corrected chi connectivity index (χ1v) is 12.3. The van der Waals surface area contributed by atoms with E-state index in [2.05, 4.69) is 0 Å². The van der Waals surface area contributed by atoms with Gasteiger partial charge in [-0.3, -0.25) is 9.59 Å². The zero-order valence-corrected chi connectivity index (χ0v) is 20.2. The van der Waals surface area contributed by atoms with Gasteiger partial charge in [-0.15, -0.1) is 0 Å². The Labute approximate surface area is 209 Å². The van der Waals surface area contributed by atoms with Gasteiger partial charge in [0.05, 0.1) is 19.3 Å². The minimum atomic E-state index is -0.387. The maximum absolute atomic E-state index is 14.1. The number of nitrogens with zero attached hydrogens (tertiary/aromatic N) is 2. The van der Waals surface area contributed by atoms with Crippen molar-refractivity contribution in [2.45, 2.75) is 32.4 Å². The Kier molecular flexibility index (Phi) is 7.04. The van der Waals surface area contributed by atoms with Gasteiger partial charge in [-0.25, -0.2) is 4.39 Å². The first-order chi connectivity index (χ1) is 17.5. The molecule has 1 unspecified atom stereocenters. The van der Waals surface area contributed by atoms with Crippen molar-refractivity contribution >= 4 is 11.8 Å². The molecule has 188 valence electrons. The van der Waals surface area contributed by atoms with Crippen molar-refractivity contribution in [3.05, 3.63) is 88.6 Å². The van der Waals surface area contributed by atoms with E-state index in [9.17, 15) is 14.0 Å². The molecule has 3 heterocycles. The Morgan fingerprint density at radius 1 is 1.06 bits per heavy atom. The summed E-state index contributed by atoms with van der Waals surface area (Å²) < 4.78 is 31.2. The minimum Gasteiger partial charge on any atom is -0.486 e. The van der Waals surface area contributed by atoms with Crippen molar-refractivity contribution in [1.29, 1.82) is 0 Å². The van der Waals surface area contributed by atoms with E-state index in [-0.39, 0.29) is 36.0 Å². The van der Waals surface area contributed by atoms with Crippen LogP contribution in [0.3, 0.4) is 0 Å². The monoisotopic (exact) mass is 492 g/mol. The number of furan rings is 1. The van der Waals surface area contributed by atoms with Gasteiger partial charge in [0.2, 0.25) is 5.91 Å². The maximum atomic E-state index is 14.1.